The molecular weight excluding hydrogens is 292 g/mol. The molecule has 1 atom stereocenters. The number of rotatable bonds is 4. The average molecular weight is 310 g/mol. The third-order valence-corrected chi connectivity index (χ3v) is 4.85. The zero-order valence-electron chi connectivity index (χ0n) is 12.3. The van der Waals surface area contributed by atoms with Crippen molar-refractivity contribution in [1.82, 2.24) is 0 Å². The first-order valence-corrected chi connectivity index (χ1v) is 7.55. The number of esters is 1. The summed E-state index contributed by atoms with van der Waals surface area (Å²) in [7, 11) is 0. The van der Waals surface area contributed by atoms with Crippen molar-refractivity contribution >= 4 is 34.1 Å². The predicted octanol–water partition coefficient (Wildman–Crippen LogP) is 1.38. The molecule has 1 aromatic rings. The molecule has 2 heterocycles. The second-order valence-electron chi connectivity index (χ2n) is 4.99. The number of nitrogens with two attached hydrogens (primary N) is 1. The Balaban J connectivity index is 2.40. The third-order valence-electron chi connectivity index (χ3n) is 3.62. The van der Waals surface area contributed by atoms with E-state index >= 15 is 0 Å². The first-order chi connectivity index (χ1) is 9.86. The molecule has 0 aromatic carbocycles. The molecule has 0 spiro atoms. The van der Waals surface area contributed by atoms with E-state index in [9.17, 15) is 14.4 Å². The molecule has 0 aliphatic carbocycles. The lowest BCUT2D eigenvalue weighted by Crippen LogP contribution is -2.29. The lowest BCUT2D eigenvalue weighted by molar-refractivity contribution is -0.123. The molecule has 2 N–H and O–H groups in total. The highest BCUT2D eigenvalue weighted by Crippen LogP contribution is 2.38. The fourth-order valence-corrected chi connectivity index (χ4v) is 3.51. The fraction of sp³-hybridized carbons (Fsp3) is 0.500. The van der Waals surface area contributed by atoms with E-state index in [0.717, 1.165) is 10.4 Å². The Bertz CT molecular complexity index is 608. The van der Waals surface area contributed by atoms with Crippen LogP contribution in [0, 0.1) is 19.8 Å². The highest BCUT2D eigenvalue weighted by atomic mass is 32.1. The molecule has 0 bridgehead atoms. The van der Waals surface area contributed by atoms with Gasteiger partial charge in [-0.15, -0.1) is 11.3 Å². The van der Waals surface area contributed by atoms with Crippen molar-refractivity contribution in [3.8, 4) is 0 Å². The Labute approximate surface area is 126 Å². The van der Waals surface area contributed by atoms with Gasteiger partial charge in [-0.05, 0) is 26.3 Å². The number of nitrogens with zero attached hydrogens (tertiary/aromatic N) is 1. The van der Waals surface area contributed by atoms with Crippen molar-refractivity contribution in [2.75, 3.05) is 18.1 Å². The van der Waals surface area contributed by atoms with Crippen molar-refractivity contribution < 1.29 is 19.1 Å². The van der Waals surface area contributed by atoms with E-state index in [2.05, 4.69) is 0 Å². The van der Waals surface area contributed by atoms with Gasteiger partial charge in [0.05, 0.1) is 18.1 Å². The number of amides is 2. The lowest BCUT2D eigenvalue weighted by atomic mass is 10.1. The molecular formula is C14H18N2O4S. The summed E-state index contributed by atoms with van der Waals surface area (Å²) in [6.45, 7) is 5.94. The molecule has 1 aromatic heterocycles. The van der Waals surface area contributed by atoms with Gasteiger partial charge in [0.15, 0.2) is 0 Å². The summed E-state index contributed by atoms with van der Waals surface area (Å²) in [5, 5.41) is 0.553. The van der Waals surface area contributed by atoms with E-state index in [-0.39, 0.29) is 25.5 Å². The van der Waals surface area contributed by atoms with Crippen LogP contribution in [0.2, 0.25) is 0 Å². The first-order valence-electron chi connectivity index (χ1n) is 6.73. The number of aryl methyl sites for hydroxylation is 1. The van der Waals surface area contributed by atoms with Crippen LogP contribution >= 0.6 is 11.3 Å². The Morgan fingerprint density at radius 2 is 2.10 bits per heavy atom. The molecule has 6 nitrogen and oxygen atoms in total. The van der Waals surface area contributed by atoms with E-state index < -0.39 is 17.8 Å². The van der Waals surface area contributed by atoms with Gasteiger partial charge in [-0.1, -0.05) is 0 Å². The molecule has 2 rings (SSSR count). The van der Waals surface area contributed by atoms with Crippen molar-refractivity contribution in [2.24, 2.45) is 11.7 Å². The number of carbonyl (C=O) groups is 3. The van der Waals surface area contributed by atoms with Crippen LogP contribution in [0.15, 0.2) is 0 Å². The summed E-state index contributed by atoms with van der Waals surface area (Å²) in [4.78, 5) is 37.9. The molecule has 0 saturated carbocycles. The van der Waals surface area contributed by atoms with Crippen LogP contribution in [0.1, 0.15) is 34.1 Å². The maximum atomic E-state index is 12.1. The maximum absolute atomic E-state index is 12.1. The summed E-state index contributed by atoms with van der Waals surface area (Å²) < 4.78 is 5.07. The minimum Gasteiger partial charge on any atom is -0.462 e. The van der Waals surface area contributed by atoms with E-state index in [1.54, 1.807) is 6.92 Å². The molecule has 1 unspecified atom stereocenters. The van der Waals surface area contributed by atoms with Crippen molar-refractivity contribution in [3.63, 3.8) is 0 Å². The Kier molecular flexibility index (Phi) is 4.32. The smallest absolute Gasteiger partial charge is 0.341 e. The number of hydrogen-bond donors (Lipinski definition) is 1. The van der Waals surface area contributed by atoms with Gasteiger partial charge in [0.2, 0.25) is 11.8 Å². The number of primary amides is 1. The van der Waals surface area contributed by atoms with Crippen molar-refractivity contribution in [3.05, 3.63) is 16.0 Å². The van der Waals surface area contributed by atoms with Gasteiger partial charge in [0, 0.05) is 17.8 Å². The van der Waals surface area contributed by atoms with Crippen LogP contribution in [-0.2, 0) is 14.3 Å². The Morgan fingerprint density at radius 3 is 2.62 bits per heavy atom. The topological polar surface area (TPSA) is 89.7 Å². The van der Waals surface area contributed by atoms with Gasteiger partial charge >= 0.3 is 5.97 Å². The zero-order chi connectivity index (χ0) is 15.7. The normalized spacial score (nSPS) is 18.1. The van der Waals surface area contributed by atoms with E-state index in [4.69, 9.17) is 10.5 Å². The van der Waals surface area contributed by atoms with Gasteiger partial charge in [0.1, 0.15) is 5.00 Å². The standard InChI is InChI=1S/C14H18N2O4S/c1-4-20-14(19)11-7(2)8(3)21-13(11)16-6-9(12(15)18)5-10(16)17/h9H,4-6H2,1-3H3,(H2,15,18). The second-order valence-corrected chi connectivity index (χ2v) is 6.19. The van der Waals surface area contributed by atoms with Crippen LogP contribution in [0.3, 0.4) is 0 Å². The van der Waals surface area contributed by atoms with Gasteiger partial charge in [-0.2, -0.15) is 0 Å². The monoisotopic (exact) mass is 310 g/mol. The van der Waals surface area contributed by atoms with Crippen LogP contribution in [-0.4, -0.2) is 30.9 Å². The fourth-order valence-electron chi connectivity index (χ4n) is 2.34. The number of ether oxygens (including phenoxy) is 1. The Morgan fingerprint density at radius 1 is 1.43 bits per heavy atom. The average Bonchev–Trinajstić information content (AvgIpc) is 2.92. The van der Waals surface area contributed by atoms with E-state index in [1.165, 1.54) is 16.2 Å². The van der Waals surface area contributed by atoms with Crippen LogP contribution < -0.4 is 10.6 Å². The molecule has 7 heteroatoms. The minimum atomic E-state index is -0.504. The quantitative estimate of drug-likeness (QED) is 0.851. The first kappa shape index (κ1) is 15.5. The molecule has 1 fully saturated rings. The zero-order valence-corrected chi connectivity index (χ0v) is 13.1. The molecule has 1 aliphatic heterocycles. The molecule has 21 heavy (non-hydrogen) atoms. The second kappa shape index (κ2) is 5.85. The van der Waals surface area contributed by atoms with E-state index in [1.807, 2.05) is 13.8 Å². The van der Waals surface area contributed by atoms with Gasteiger partial charge in [-0.25, -0.2) is 4.79 Å². The molecule has 1 aliphatic rings. The van der Waals surface area contributed by atoms with E-state index in [0.29, 0.717) is 10.6 Å². The molecule has 114 valence electrons. The molecule has 1 saturated heterocycles. The van der Waals surface area contributed by atoms with Crippen LogP contribution in [0.25, 0.3) is 0 Å². The number of anilines is 1. The highest BCUT2D eigenvalue weighted by molar-refractivity contribution is 7.16. The van der Waals surface area contributed by atoms with Gasteiger partial charge in [0.25, 0.3) is 0 Å². The maximum Gasteiger partial charge on any atom is 0.341 e. The molecule has 0 radical (unpaired) electrons. The summed E-state index contributed by atoms with van der Waals surface area (Å²) in [5.41, 5.74) is 6.50. The number of carbonyl (C=O) groups excluding carboxylic acids is 3. The summed E-state index contributed by atoms with van der Waals surface area (Å²) >= 11 is 1.36. The van der Waals surface area contributed by atoms with Crippen molar-refractivity contribution in [2.45, 2.75) is 27.2 Å². The van der Waals surface area contributed by atoms with Gasteiger partial charge < -0.3 is 15.4 Å². The lowest BCUT2D eigenvalue weighted by Gasteiger charge is -2.16. The summed E-state index contributed by atoms with van der Waals surface area (Å²) in [6, 6.07) is 0. The SMILES string of the molecule is CCOC(=O)c1c(N2CC(C(N)=O)CC2=O)sc(C)c1C. The predicted molar refractivity (Wildman–Crippen MR) is 79.4 cm³/mol. The largest absolute Gasteiger partial charge is 0.462 e. The molecule has 2 amide bonds. The minimum absolute atomic E-state index is 0.0909. The van der Waals surface area contributed by atoms with Gasteiger partial charge in [-0.3, -0.25) is 9.59 Å². The Hall–Kier alpha value is -1.89. The summed E-state index contributed by atoms with van der Waals surface area (Å²) in [5.74, 6) is -1.63. The van der Waals surface area contributed by atoms with Crippen LogP contribution in [0.4, 0.5) is 5.00 Å². The number of thiophene rings is 1. The van der Waals surface area contributed by atoms with Crippen molar-refractivity contribution in [1.29, 1.82) is 0 Å². The summed E-state index contributed by atoms with van der Waals surface area (Å²) in [6.07, 6.45) is 0.0909. The third kappa shape index (κ3) is 2.78. The number of hydrogen-bond acceptors (Lipinski definition) is 5. The highest BCUT2D eigenvalue weighted by Gasteiger charge is 2.37. The van der Waals surface area contributed by atoms with Crippen LogP contribution in [0.5, 0.6) is 0 Å².